The van der Waals surface area contributed by atoms with Gasteiger partial charge < -0.3 is 11.1 Å². The molecule has 1 fully saturated rings. The first kappa shape index (κ1) is 13.5. The van der Waals surface area contributed by atoms with Crippen molar-refractivity contribution < 1.29 is 4.79 Å². The molecular formula is C13H26N2O. The van der Waals surface area contributed by atoms with Gasteiger partial charge in [-0.25, -0.2) is 0 Å². The Balaban J connectivity index is 2.27. The minimum Gasteiger partial charge on any atom is -0.355 e. The molecule has 3 heteroatoms. The summed E-state index contributed by atoms with van der Waals surface area (Å²) >= 11 is 0. The fourth-order valence-corrected chi connectivity index (χ4v) is 2.18. The first-order chi connectivity index (χ1) is 7.65. The van der Waals surface area contributed by atoms with Crippen molar-refractivity contribution in [3.8, 4) is 0 Å². The van der Waals surface area contributed by atoms with Gasteiger partial charge in [-0.1, -0.05) is 20.3 Å². The molecule has 1 rings (SSSR count). The lowest BCUT2D eigenvalue weighted by atomic mass is 9.81. The van der Waals surface area contributed by atoms with Crippen LogP contribution in [0.25, 0.3) is 0 Å². The smallest absolute Gasteiger partial charge is 0.220 e. The molecule has 0 aromatic heterocycles. The first-order valence-electron chi connectivity index (χ1n) is 6.62. The molecule has 3 N–H and O–H groups in total. The van der Waals surface area contributed by atoms with Crippen LogP contribution in [0.3, 0.4) is 0 Å². The Morgan fingerprint density at radius 1 is 1.38 bits per heavy atom. The third kappa shape index (κ3) is 3.48. The highest BCUT2D eigenvalue weighted by atomic mass is 16.1. The van der Waals surface area contributed by atoms with Gasteiger partial charge in [0.15, 0.2) is 0 Å². The third-order valence-corrected chi connectivity index (χ3v) is 4.29. The molecule has 0 aliphatic heterocycles. The van der Waals surface area contributed by atoms with Gasteiger partial charge in [0.25, 0.3) is 0 Å². The number of nitrogens with one attached hydrogen (secondary N) is 1. The molecule has 1 aliphatic rings. The summed E-state index contributed by atoms with van der Waals surface area (Å²) in [5.41, 5.74) is 5.91. The number of hydrogen-bond acceptors (Lipinski definition) is 2. The molecule has 3 nitrogen and oxygen atoms in total. The Morgan fingerprint density at radius 3 is 2.38 bits per heavy atom. The second-order valence-electron chi connectivity index (χ2n) is 5.19. The average Bonchev–Trinajstić information content (AvgIpc) is 2.26. The summed E-state index contributed by atoms with van der Waals surface area (Å²) in [6.45, 7) is 5.69. The molecule has 1 amide bonds. The second kappa shape index (κ2) is 6.24. The summed E-state index contributed by atoms with van der Waals surface area (Å²) in [5.74, 6) is 0.861. The number of amides is 1. The van der Waals surface area contributed by atoms with Crippen LogP contribution in [0.1, 0.15) is 52.4 Å². The van der Waals surface area contributed by atoms with Gasteiger partial charge in [0.2, 0.25) is 5.91 Å². The number of hydrogen-bond donors (Lipinski definition) is 2. The van der Waals surface area contributed by atoms with Gasteiger partial charge >= 0.3 is 0 Å². The van der Waals surface area contributed by atoms with E-state index in [1.165, 1.54) is 19.3 Å². The van der Waals surface area contributed by atoms with Gasteiger partial charge in [-0.3, -0.25) is 4.79 Å². The SMILES string of the molecule is CCC(CC)(CN)CNC(=O)CC1CCC1. The van der Waals surface area contributed by atoms with E-state index in [-0.39, 0.29) is 11.3 Å². The monoisotopic (exact) mass is 226 g/mol. The van der Waals surface area contributed by atoms with Crippen LogP contribution in [0, 0.1) is 11.3 Å². The molecule has 1 saturated carbocycles. The van der Waals surface area contributed by atoms with Crippen LogP contribution >= 0.6 is 0 Å². The predicted molar refractivity (Wildman–Crippen MR) is 67.0 cm³/mol. The average molecular weight is 226 g/mol. The number of rotatable bonds is 7. The zero-order valence-corrected chi connectivity index (χ0v) is 10.7. The number of nitrogens with two attached hydrogens (primary N) is 1. The fourth-order valence-electron chi connectivity index (χ4n) is 2.18. The molecular weight excluding hydrogens is 200 g/mol. The van der Waals surface area contributed by atoms with Crippen LogP contribution < -0.4 is 11.1 Å². The maximum atomic E-state index is 11.7. The Morgan fingerprint density at radius 2 is 2.00 bits per heavy atom. The molecule has 0 aromatic rings. The van der Waals surface area contributed by atoms with Gasteiger partial charge in [-0.15, -0.1) is 0 Å². The van der Waals surface area contributed by atoms with E-state index in [1.54, 1.807) is 0 Å². The Bertz CT molecular complexity index is 212. The lowest BCUT2D eigenvalue weighted by molar-refractivity contribution is -0.123. The van der Waals surface area contributed by atoms with Gasteiger partial charge in [-0.2, -0.15) is 0 Å². The minimum absolute atomic E-state index is 0.106. The van der Waals surface area contributed by atoms with E-state index < -0.39 is 0 Å². The zero-order valence-electron chi connectivity index (χ0n) is 10.7. The van der Waals surface area contributed by atoms with E-state index in [4.69, 9.17) is 5.73 Å². The van der Waals surface area contributed by atoms with E-state index in [1.807, 2.05) is 0 Å². The van der Waals surface area contributed by atoms with Crippen molar-refractivity contribution in [2.24, 2.45) is 17.1 Å². The van der Waals surface area contributed by atoms with Crippen LogP contribution in [0.5, 0.6) is 0 Å². The van der Waals surface area contributed by atoms with Gasteiger partial charge in [-0.05, 0) is 43.6 Å². The van der Waals surface area contributed by atoms with Crippen molar-refractivity contribution >= 4 is 5.91 Å². The van der Waals surface area contributed by atoms with E-state index in [0.29, 0.717) is 18.9 Å². The molecule has 16 heavy (non-hydrogen) atoms. The van der Waals surface area contributed by atoms with Crippen molar-refractivity contribution in [2.45, 2.75) is 52.4 Å². The van der Waals surface area contributed by atoms with Gasteiger partial charge in [0.1, 0.15) is 0 Å². The summed E-state index contributed by atoms with van der Waals surface area (Å²) < 4.78 is 0. The van der Waals surface area contributed by atoms with Crippen LogP contribution in [0.2, 0.25) is 0 Å². The maximum Gasteiger partial charge on any atom is 0.220 e. The van der Waals surface area contributed by atoms with E-state index in [2.05, 4.69) is 19.2 Å². The van der Waals surface area contributed by atoms with Crippen LogP contribution in [0.4, 0.5) is 0 Å². The first-order valence-corrected chi connectivity index (χ1v) is 6.62. The van der Waals surface area contributed by atoms with Gasteiger partial charge in [0, 0.05) is 13.0 Å². The molecule has 0 bridgehead atoms. The van der Waals surface area contributed by atoms with Crippen molar-refractivity contribution in [2.75, 3.05) is 13.1 Å². The highest BCUT2D eigenvalue weighted by Crippen LogP contribution is 2.29. The van der Waals surface area contributed by atoms with Crippen LogP contribution in [0.15, 0.2) is 0 Å². The Labute approximate surface area is 99.2 Å². The van der Waals surface area contributed by atoms with Crippen molar-refractivity contribution in [1.82, 2.24) is 5.32 Å². The summed E-state index contributed by atoms with van der Waals surface area (Å²) in [5, 5.41) is 3.06. The number of carbonyl (C=O) groups excluding carboxylic acids is 1. The topological polar surface area (TPSA) is 55.1 Å². The molecule has 0 heterocycles. The van der Waals surface area contributed by atoms with Crippen LogP contribution in [-0.4, -0.2) is 19.0 Å². The molecule has 0 atom stereocenters. The summed E-state index contributed by atoms with van der Waals surface area (Å²) in [7, 11) is 0. The Kier molecular flexibility index (Phi) is 5.26. The normalized spacial score (nSPS) is 16.9. The fraction of sp³-hybridized carbons (Fsp3) is 0.923. The zero-order chi connectivity index (χ0) is 12.0. The molecule has 0 saturated heterocycles. The summed E-state index contributed by atoms with van der Waals surface area (Å²) in [4.78, 5) is 11.7. The van der Waals surface area contributed by atoms with Crippen molar-refractivity contribution in [3.05, 3.63) is 0 Å². The summed E-state index contributed by atoms with van der Waals surface area (Å²) in [6.07, 6.45) is 6.55. The molecule has 0 spiro atoms. The van der Waals surface area contributed by atoms with E-state index >= 15 is 0 Å². The highest BCUT2D eigenvalue weighted by molar-refractivity contribution is 5.76. The lowest BCUT2D eigenvalue weighted by Gasteiger charge is -2.31. The standard InChI is InChI=1S/C13H26N2O/c1-3-13(4-2,9-14)10-15-12(16)8-11-6-5-7-11/h11H,3-10,14H2,1-2H3,(H,15,16). The maximum absolute atomic E-state index is 11.7. The van der Waals surface area contributed by atoms with Crippen LogP contribution in [-0.2, 0) is 4.79 Å². The van der Waals surface area contributed by atoms with E-state index in [0.717, 1.165) is 19.4 Å². The quantitative estimate of drug-likeness (QED) is 0.698. The third-order valence-electron chi connectivity index (χ3n) is 4.29. The Hall–Kier alpha value is -0.570. The van der Waals surface area contributed by atoms with Gasteiger partial charge in [0.05, 0.1) is 0 Å². The minimum atomic E-state index is 0.106. The molecule has 1 aliphatic carbocycles. The molecule has 0 radical (unpaired) electrons. The van der Waals surface area contributed by atoms with E-state index in [9.17, 15) is 4.79 Å². The summed E-state index contributed by atoms with van der Waals surface area (Å²) in [6, 6.07) is 0. The molecule has 0 aromatic carbocycles. The van der Waals surface area contributed by atoms with Crippen molar-refractivity contribution in [1.29, 1.82) is 0 Å². The second-order valence-corrected chi connectivity index (χ2v) is 5.19. The largest absolute Gasteiger partial charge is 0.355 e. The predicted octanol–water partition coefficient (Wildman–Crippen LogP) is 2.06. The number of carbonyl (C=O) groups is 1. The molecule has 94 valence electrons. The van der Waals surface area contributed by atoms with Crippen molar-refractivity contribution in [3.63, 3.8) is 0 Å². The lowest BCUT2D eigenvalue weighted by Crippen LogP contribution is -2.42. The highest BCUT2D eigenvalue weighted by Gasteiger charge is 2.26. The molecule has 0 unspecified atom stereocenters.